The van der Waals surface area contributed by atoms with Crippen molar-refractivity contribution in [2.45, 2.75) is 31.8 Å². The summed E-state index contributed by atoms with van der Waals surface area (Å²) in [5.74, 6) is 0.870. The summed E-state index contributed by atoms with van der Waals surface area (Å²) >= 11 is 0. The van der Waals surface area contributed by atoms with Crippen LogP contribution in [-0.4, -0.2) is 44.7 Å². The molecule has 0 bridgehead atoms. The molecule has 2 unspecified atom stereocenters. The highest BCUT2D eigenvalue weighted by molar-refractivity contribution is 6.01. The highest BCUT2D eigenvalue weighted by Gasteiger charge is 2.34. The van der Waals surface area contributed by atoms with E-state index < -0.39 is 6.04 Å². The van der Waals surface area contributed by atoms with Gasteiger partial charge in [0.05, 0.1) is 19.9 Å². The molecule has 2 rings (SSSR count). The fourth-order valence-electron chi connectivity index (χ4n) is 2.56. The van der Waals surface area contributed by atoms with E-state index in [1.54, 1.807) is 44.2 Å². The van der Waals surface area contributed by atoms with Crippen LogP contribution in [0.5, 0.6) is 11.5 Å². The summed E-state index contributed by atoms with van der Waals surface area (Å²) in [6.45, 7) is 2.28. The molecule has 126 valence electrons. The van der Waals surface area contributed by atoms with Gasteiger partial charge in [-0.15, -0.1) is 0 Å². The zero-order chi connectivity index (χ0) is 17.0. The average Bonchev–Trinajstić information content (AvgIpc) is 2.86. The number of carbonyl (C=O) groups excluding carboxylic acids is 2. The molecule has 1 aromatic rings. The number of nitrogens with one attached hydrogen (secondary N) is 1. The van der Waals surface area contributed by atoms with Gasteiger partial charge in [0.15, 0.2) is 0 Å². The number of rotatable bonds is 6. The van der Waals surface area contributed by atoms with Crippen molar-refractivity contribution in [1.29, 1.82) is 0 Å². The number of nitrogens with zero attached hydrogens (tertiary/aromatic N) is 1. The predicted octanol–water partition coefficient (Wildman–Crippen LogP) is 0.663. The van der Waals surface area contributed by atoms with Gasteiger partial charge >= 0.3 is 0 Å². The molecule has 0 spiro atoms. The predicted molar refractivity (Wildman–Crippen MR) is 86.7 cm³/mol. The van der Waals surface area contributed by atoms with Gasteiger partial charge < -0.3 is 25.4 Å². The summed E-state index contributed by atoms with van der Waals surface area (Å²) in [6, 6.07) is 4.54. The fourth-order valence-corrected chi connectivity index (χ4v) is 2.56. The SMILES string of the molecule is COc1cc(OC)cc(N2CCC(NC(=O)CC(C)N)C2=O)c1. The second-order valence-electron chi connectivity index (χ2n) is 5.65. The van der Waals surface area contributed by atoms with Crippen molar-refractivity contribution in [2.24, 2.45) is 5.73 Å². The lowest BCUT2D eigenvalue weighted by molar-refractivity contribution is -0.126. The lowest BCUT2D eigenvalue weighted by atomic mass is 10.2. The number of ether oxygens (including phenoxy) is 2. The van der Waals surface area contributed by atoms with Gasteiger partial charge in [0, 0.05) is 37.2 Å². The van der Waals surface area contributed by atoms with Crippen molar-refractivity contribution >= 4 is 17.5 Å². The first-order valence-corrected chi connectivity index (χ1v) is 7.54. The molecule has 23 heavy (non-hydrogen) atoms. The second kappa shape index (κ2) is 7.32. The van der Waals surface area contributed by atoms with Gasteiger partial charge in [0.1, 0.15) is 17.5 Å². The Kier molecular flexibility index (Phi) is 5.44. The molecule has 1 aliphatic heterocycles. The largest absolute Gasteiger partial charge is 0.497 e. The van der Waals surface area contributed by atoms with E-state index in [9.17, 15) is 9.59 Å². The van der Waals surface area contributed by atoms with E-state index in [4.69, 9.17) is 15.2 Å². The van der Waals surface area contributed by atoms with Crippen molar-refractivity contribution in [3.05, 3.63) is 18.2 Å². The molecule has 2 amide bonds. The van der Waals surface area contributed by atoms with Crippen molar-refractivity contribution in [3.8, 4) is 11.5 Å². The topological polar surface area (TPSA) is 93.9 Å². The van der Waals surface area contributed by atoms with Gasteiger partial charge in [-0.05, 0) is 13.3 Å². The standard InChI is InChI=1S/C16H23N3O4/c1-10(17)6-15(20)18-14-4-5-19(16(14)21)11-7-12(22-2)9-13(8-11)23-3/h7-10,14H,4-6,17H2,1-3H3,(H,18,20). The van der Waals surface area contributed by atoms with Crippen LogP contribution < -0.4 is 25.4 Å². The molecule has 2 atom stereocenters. The molecule has 1 fully saturated rings. The van der Waals surface area contributed by atoms with E-state index in [-0.39, 0.29) is 24.3 Å². The summed E-state index contributed by atoms with van der Waals surface area (Å²) in [5, 5.41) is 2.74. The molecule has 7 heteroatoms. The lowest BCUT2D eigenvalue weighted by Crippen LogP contribution is -2.43. The van der Waals surface area contributed by atoms with Crippen LogP contribution in [-0.2, 0) is 9.59 Å². The number of methoxy groups -OCH3 is 2. The van der Waals surface area contributed by atoms with Gasteiger partial charge in [-0.25, -0.2) is 0 Å². The van der Waals surface area contributed by atoms with Crippen molar-refractivity contribution < 1.29 is 19.1 Å². The van der Waals surface area contributed by atoms with E-state index in [0.717, 1.165) is 0 Å². The Morgan fingerprint density at radius 3 is 2.48 bits per heavy atom. The van der Waals surface area contributed by atoms with E-state index >= 15 is 0 Å². The molecule has 0 radical (unpaired) electrons. The minimum Gasteiger partial charge on any atom is -0.497 e. The number of hydrogen-bond donors (Lipinski definition) is 2. The first-order chi connectivity index (χ1) is 10.9. The summed E-state index contributed by atoms with van der Waals surface area (Å²) in [6.07, 6.45) is 0.764. The third-order valence-corrected chi connectivity index (χ3v) is 3.70. The summed E-state index contributed by atoms with van der Waals surface area (Å²) in [7, 11) is 3.11. The Balaban J connectivity index is 2.11. The van der Waals surface area contributed by atoms with Crippen LogP contribution in [0.3, 0.4) is 0 Å². The summed E-state index contributed by atoms with van der Waals surface area (Å²) in [5.41, 5.74) is 6.29. The molecular weight excluding hydrogens is 298 g/mol. The quantitative estimate of drug-likeness (QED) is 0.803. The monoisotopic (exact) mass is 321 g/mol. The first kappa shape index (κ1) is 17.1. The van der Waals surface area contributed by atoms with E-state index in [2.05, 4.69) is 5.32 Å². The van der Waals surface area contributed by atoms with Crippen LogP contribution in [0.15, 0.2) is 18.2 Å². The Hall–Kier alpha value is -2.28. The number of carbonyl (C=O) groups is 2. The van der Waals surface area contributed by atoms with Gasteiger partial charge in [-0.1, -0.05) is 0 Å². The maximum absolute atomic E-state index is 12.5. The zero-order valence-electron chi connectivity index (χ0n) is 13.7. The highest BCUT2D eigenvalue weighted by Crippen LogP contribution is 2.30. The molecule has 1 aliphatic rings. The van der Waals surface area contributed by atoms with Crippen LogP contribution in [0.2, 0.25) is 0 Å². The van der Waals surface area contributed by atoms with E-state index in [0.29, 0.717) is 30.2 Å². The Morgan fingerprint density at radius 2 is 1.96 bits per heavy atom. The number of anilines is 1. The molecule has 1 heterocycles. The maximum atomic E-state index is 12.5. The van der Waals surface area contributed by atoms with Crippen LogP contribution in [0.1, 0.15) is 19.8 Å². The highest BCUT2D eigenvalue weighted by atomic mass is 16.5. The molecule has 0 aromatic heterocycles. The van der Waals surface area contributed by atoms with Crippen molar-refractivity contribution in [2.75, 3.05) is 25.7 Å². The lowest BCUT2D eigenvalue weighted by Gasteiger charge is -2.19. The Labute approximate surface area is 135 Å². The molecule has 1 saturated heterocycles. The molecule has 0 saturated carbocycles. The van der Waals surface area contributed by atoms with Crippen molar-refractivity contribution in [1.82, 2.24) is 5.32 Å². The fraction of sp³-hybridized carbons (Fsp3) is 0.500. The number of hydrogen-bond acceptors (Lipinski definition) is 5. The van der Waals surface area contributed by atoms with Gasteiger partial charge in [0.25, 0.3) is 0 Å². The summed E-state index contributed by atoms with van der Waals surface area (Å²) < 4.78 is 10.5. The normalized spacial score (nSPS) is 18.7. The minimum atomic E-state index is -0.515. The summed E-state index contributed by atoms with van der Waals surface area (Å²) in [4.78, 5) is 25.9. The van der Waals surface area contributed by atoms with Crippen LogP contribution in [0, 0.1) is 0 Å². The third-order valence-electron chi connectivity index (χ3n) is 3.70. The second-order valence-corrected chi connectivity index (χ2v) is 5.65. The van der Waals surface area contributed by atoms with Crippen LogP contribution in [0.4, 0.5) is 5.69 Å². The molecule has 0 aliphatic carbocycles. The maximum Gasteiger partial charge on any atom is 0.249 e. The minimum absolute atomic E-state index is 0.140. The molecular formula is C16H23N3O4. The smallest absolute Gasteiger partial charge is 0.249 e. The number of amides is 2. The first-order valence-electron chi connectivity index (χ1n) is 7.54. The van der Waals surface area contributed by atoms with E-state index in [1.165, 1.54) is 0 Å². The zero-order valence-corrected chi connectivity index (χ0v) is 13.7. The number of nitrogens with two attached hydrogens (primary N) is 1. The van der Waals surface area contributed by atoms with Gasteiger partial charge in [-0.3, -0.25) is 9.59 Å². The molecule has 1 aromatic carbocycles. The molecule has 7 nitrogen and oxygen atoms in total. The van der Waals surface area contributed by atoms with Gasteiger partial charge in [0.2, 0.25) is 11.8 Å². The number of benzene rings is 1. The van der Waals surface area contributed by atoms with Gasteiger partial charge in [-0.2, -0.15) is 0 Å². The molecule has 3 N–H and O–H groups in total. The Morgan fingerprint density at radius 1 is 1.35 bits per heavy atom. The van der Waals surface area contributed by atoms with E-state index in [1.807, 2.05) is 0 Å². The average molecular weight is 321 g/mol. The van der Waals surface area contributed by atoms with Crippen LogP contribution in [0.25, 0.3) is 0 Å². The van der Waals surface area contributed by atoms with Crippen molar-refractivity contribution in [3.63, 3.8) is 0 Å². The Bertz CT molecular complexity index is 566. The van der Waals surface area contributed by atoms with Crippen LogP contribution >= 0.6 is 0 Å². The third kappa shape index (κ3) is 4.13.